The van der Waals surface area contributed by atoms with E-state index in [9.17, 15) is 8.78 Å². The van der Waals surface area contributed by atoms with Crippen molar-refractivity contribution in [2.75, 3.05) is 13.1 Å². The molecule has 0 bridgehead atoms. The van der Waals surface area contributed by atoms with E-state index < -0.39 is 11.6 Å². The predicted molar refractivity (Wildman–Crippen MR) is 70.9 cm³/mol. The Morgan fingerprint density at radius 3 is 2.58 bits per heavy atom. The first-order chi connectivity index (χ1) is 9.15. The molecule has 0 spiro atoms. The van der Waals surface area contributed by atoms with Crippen molar-refractivity contribution in [3.8, 4) is 0 Å². The molecule has 1 fully saturated rings. The van der Waals surface area contributed by atoms with E-state index in [0.29, 0.717) is 18.0 Å². The predicted octanol–water partition coefficient (Wildman–Crippen LogP) is 3.43. The van der Waals surface area contributed by atoms with Crippen LogP contribution in [0.5, 0.6) is 0 Å². The molecule has 1 aromatic rings. The van der Waals surface area contributed by atoms with Gasteiger partial charge in [0.1, 0.15) is 0 Å². The van der Waals surface area contributed by atoms with Gasteiger partial charge in [-0.05, 0) is 23.6 Å². The van der Waals surface area contributed by atoms with E-state index in [2.05, 4.69) is 19.2 Å². The van der Waals surface area contributed by atoms with Crippen LogP contribution in [0.15, 0.2) is 18.2 Å². The standard InChI is InChI=1S/C15H21F2NO/c1-3-10(4-2)14-8-18-9-15(19-14)11-5-6-12(16)13(17)7-11/h5-7,10,14-15,18H,3-4,8-9H2,1-2H3. The molecule has 2 nitrogen and oxygen atoms in total. The lowest BCUT2D eigenvalue weighted by molar-refractivity contribution is -0.0689. The van der Waals surface area contributed by atoms with E-state index in [1.807, 2.05) is 0 Å². The molecule has 2 atom stereocenters. The first kappa shape index (κ1) is 14.4. The van der Waals surface area contributed by atoms with Crippen molar-refractivity contribution in [2.24, 2.45) is 5.92 Å². The van der Waals surface area contributed by atoms with E-state index in [1.165, 1.54) is 6.07 Å². The van der Waals surface area contributed by atoms with Crippen LogP contribution in [0.4, 0.5) is 8.78 Å². The lowest BCUT2D eigenvalue weighted by atomic mass is 9.94. The summed E-state index contributed by atoms with van der Waals surface area (Å²) in [5.41, 5.74) is 0.696. The van der Waals surface area contributed by atoms with Gasteiger partial charge in [0.15, 0.2) is 11.6 Å². The molecule has 0 aromatic heterocycles. The number of morpholine rings is 1. The molecule has 2 rings (SSSR count). The minimum absolute atomic E-state index is 0.141. The van der Waals surface area contributed by atoms with Crippen molar-refractivity contribution < 1.29 is 13.5 Å². The van der Waals surface area contributed by atoms with Crippen LogP contribution in [0, 0.1) is 17.6 Å². The summed E-state index contributed by atoms with van der Waals surface area (Å²) < 4.78 is 32.3. The average Bonchev–Trinajstić information content (AvgIpc) is 2.44. The number of hydrogen-bond donors (Lipinski definition) is 1. The minimum Gasteiger partial charge on any atom is -0.367 e. The third-order valence-corrected chi connectivity index (χ3v) is 3.90. The summed E-state index contributed by atoms with van der Waals surface area (Å²) in [7, 11) is 0. The van der Waals surface area contributed by atoms with Crippen LogP contribution in [0.3, 0.4) is 0 Å². The van der Waals surface area contributed by atoms with Crippen molar-refractivity contribution in [1.82, 2.24) is 5.32 Å². The third kappa shape index (κ3) is 3.31. The van der Waals surface area contributed by atoms with Crippen LogP contribution in [-0.2, 0) is 4.74 Å². The number of ether oxygens (including phenoxy) is 1. The summed E-state index contributed by atoms with van der Waals surface area (Å²) in [5, 5.41) is 3.33. The maximum Gasteiger partial charge on any atom is 0.159 e. The SMILES string of the molecule is CCC(CC)C1CNCC(c2ccc(F)c(F)c2)O1. The van der Waals surface area contributed by atoms with E-state index in [4.69, 9.17) is 4.74 Å². The molecule has 1 saturated heterocycles. The maximum atomic E-state index is 13.3. The molecule has 0 saturated carbocycles. The Hall–Kier alpha value is -1.00. The van der Waals surface area contributed by atoms with Gasteiger partial charge in [-0.1, -0.05) is 32.8 Å². The zero-order valence-electron chi connectivity index (χ0n) is 11.5. The van der Waals surface area contributed by atoms with Gasteiger partial charge in [0.05, 0.1) is 12.2 Å². The smallest absolute Gasteiger partial charge is 0.159 e. The normalized spacial score (nSPS) is 23.8. The van der Waals surface area contributed by atoms with Crippen molar-refractivity contribution >= 4 is 0 Å². The Kier molecular flexibility index (Phi) is 4.88. The molecule has 1 aliphatic rings. The van der Waals surface area contributed by atoms with Gasteiger partial charge >= 0.3 is 0 Å². The van der Waals surface area contributed by atoms with Crippen molar-refractivity contribution in [3.63, 3.8) is 0 Å². The van der Waals surface area contributed by atoms with Gasteiger partial charge in [-0.3, -0.25) is 0 Å². The minimum atomic E-state index is -0.816. The van der Waals surface area contributed by atoms with Crippen LogP contribution in [0.2, 0.25) is 0 Å². The Balaban J connectivity index is 2.10. The molecule has 4 heteroatoms. The molecule has 1 heterocycles. The second-order valence-corrected chi connectivity index (χ2v) is 5.07. The largest absolute Gasteiger partial charge is 0.367 e. The number of halogens is 2. The van der Waals surface area contributed by atoms with Crippen molar-refractivity contribution in [2.45, 2.75) is 38.9 Å². The van der Waals surface area contributed by atoms with Crippen molar-refractivity contribution in [1.29, 1.82) is 0 Å². The average molecular weight is 269 g/mol. The van der Waals surface area contributed by atoms with Crippen LogP contribution < -0.4 is 5.32 Å². The Labute approximate surface area is 113 Å². The monoisotopic (exact) mass is 269 g/mol. The van der Waals surface area contributed by atoms with Gasteiger partial charge in [0, 0.05) is 13.1 Å². The van der Waals surface area contributed by atoms with Gasteiger partial charge < -0.3 is 10.1 Å². The lowest BCUT2D eigenvalue weighted by Gasteiger charge is -2.35. The highest BCUT2D eigenvalue weighted by Crippen LogP contribution is 2.27. The van der Waals surface area contributed by atoms with Gasteiger partial charge in [-0.15, -0.1) is 0 Å². The molecule has 2 unspecified atom stereocenters. The van der Waals surface area contributed by atoms with Crippen LogP contribution >= 0.6 is 0 Å². The van der Waals surface area contributed by atoms with Gasteiger partial charge in [0.2, 0.25) is 0 Å². The molecule has 1 aromatic carbocycles. The summed E-state index contributed by atoms with van der Waals surface area (Å²) in [4.78, 5) is 0. The first-order valence-electron chi connectivity index (χ1n) is 6.96. The zero-order chi connectivity index (χ0) is 13.8. The summed E-state index contributed by atoms with van der Waals surface area (Å²) >= 11 is 0. The highest BCUT2D eigenvalue weighted by atomic mass is 19.2. The maximum absolute atomic E-state index is 13.3. The topological polar surface area (TPSA) is 21.3 Å². The quantitative estimate of drug-likeness (QED) is 0.904. The molecule has 0 amide bonds. The fourth-order valence-electron chi connectivity index (χ4n) is 2.67. The fourth-order valence-corrected chi connectivity index (χ4v) is 2.67. The molecule has 19 heavy (non-hydrogen) atoms. The van der Waals surface area contributed by atoms with Crippen LogP contribution in [-0.4, -0.2) is 19.2 Å². The molecule has 1 N–H and O–H groups in total. The summed E-state index contributed by atoms with van der Waals surface area (Å²) in [6.45, 7) is 5.77. The molecule has 1 aliphatic heterocycles. The van der Waals surface area contributed by atoms with E-state index in [0.717, 1.165) is 25.5 Å². The van der Waals surface area contributed by atoms with Gasteiger partial charge in [-0.25, -0.2) is 8.78 Å². The molecule has 0 aliphatic carbocycles. The number of benzene rings is 1. The van der Waals surface area contributed by atoms with Crippen LogP contribution in [0.25, 0.3) is 0 Å². The molecular formula is C15H21F2NO. The zero-order valence-corrected chi connectivity index (χ0v) is 11.5. The number of hydrogen-bond acceptors (Lipinski definition) is 2. The number of rotatable bonds is 4. The van der Waals surface area contributed by atoms with Crippen LogP contribution in [0.1, 0.15) is 38.4 Å². The second kappa shape index (κ2) is 6.44. The molecule has 0 radical (unpaired) electrons. The third-order valence-electron chi connectivity index (χ3n) is 3.90. The first-order valence-corrected chi connectivity index (χ1v) is 6.96. The van der Waals surface area contributed by atoms with Crippen molar-refractivity contribution in [3.05, 3.63) is 35.4 Å². The summed E-state index contributed by atoms with van der Waals surface area (Å²) in [6.07, 6.45) is 2.07. The Morgan fingerprint density at radius 1 is 1.21 bits per heavy atom. The summed E-state index contributed by atoms with van der Waals surface area (Å²) in [6, 6.07) is 3.99. The summed E-state index contributed by atoms with van der Waals surface area (Å²) in [5.74, 6) is -1.13. The lowest BCUT2D eigenvalue weighted by Crippen LogP contribution is -2.44. The second-order valence-electron chi connectivity index (χ2n) is 5.07. The van der Waals surface area contributed by atoms with E-state index in [-0.39, 0.29) is 12.2 Å². The number of nitrogens with one attached hydrogen (secondary N) is 1. The Morgan fingerprint density at radius 2 is 1.95 bits per heavy atom. The van der Waals surface area contributed by atoms with Gasteiger partial charge in [0.25, 0.3) is 0 Å². The molecule has 106 valence electrons. The van der Waals surface area contributed by atoms with Gasteiger partial charge in [-0.2, -0.15) is 0 Å². The van der Waals surface area contributed by atoms with E-state index in [1.54, 1.807) is 6.07 Å². The molecular weight excluding hydrogens is 248 g/mol. The fraction of sp³-hybridized carbons (Fsp3) is 0.600. The highest BCUT2D eigenvalue weighted by molar-refractivity contribution is 5.21. The Bertz CT molecular complexity index is 421. The van der Waals surface area contributed by atoms with E-state index >= 15 is 0 Å². The highest BCUT2D eigenvalue weighted by Gasteiger charge is 2.28.